The smallest absolute Gasteiger partial charge is 0.261 e. The van der Waals surface area contributed by atoms with Gasteiger partial charge in [0, 0.05) is 11.2 Å². The fraction of sp³-hybridized carbons (Fsp3) is 0.250. The lowest BCUT2D eigenvalue weighted by molar-refractivity contribution is 0.0928. The lowest BCUT2D eigenvalue weighted by Gasteiger charge is -2.04. The van der Waals surface area contributed by atoms with Crippen LogP contribution < -0.4 is 5.32 Å². The van der Waals surface area contributed by atoms with Crippen molar-refractivity contribution in [2.45, 2.75) is 13.0 Å². The molecule has 1 aromatic carbocycles. The molecule has 0 spiro atoms. The fourth-order valence-corrected chi connectivity index (χ4v) is 2.45. The lowest BCUT2D eigenvalue weighted by atomic mass is 10.2. The highest BCUT2D eigenvalue weighted by Crippen LogP contribution is 2.26. The van der Waals surface area contributed by atoms with E-state index < -0.39 is 6.10 Å². The normalized spacial score (nSPS) is 12.6. The van der Waals surface area contributed by atoms with E-state index in [2.05, 4.69) is 5.32 Å². The summed E-state index contributed by atoms with van der Waals surface area (Å²) < 4.78 is 13.7. The molecule has 1 aromatic heterocycles. The van der Waals surface area contributed by atoms with Crippen molar-refractivity contribution >= 4 is 27.3 Å². The molecular formula is C12H12FNO2S. The van der Waals surface area contributed by atoms with Crippen molar-refractivity contribution in [1.29, 1.82) is 0 Å². The first-order valence-corrected chi connectivity index (χ1v) is 6.03. The molecule has 1 heterocycles. The van der Waals surface area contributed by atoms with Gasteiger partial charge < -0.3 is 10.4 Å². The molecule has 17 heavy (non-hydrogen) atoms. The summed E-state index contributed by atoms with van der Waals surface area (Å²) in [6, 6.07) is 6.14. The van der Waals surface area contributed by atoms with E-state index in [0.29, 0.717) is 4.88 Å². The Hall–Kier alpha value is -1.46. The first-order chi connectivity index (χ1) is 8.06. The van der Waals surface area contributed by atoms with Gasteiger partial charge in [-0.25, -0.2) is 4.39 Å². The maximum absolute atomic E-state index is 13.0. The van der Waals surface area contributed by atoms with E-state index in [4.69, 9.17) is 5.11 Å². The van der Waals surface area contributed by atoms with E-state index in [9.17, 15) is 9.18 Å². The van der Waals surface area contributed by atoms with Crippen LogP contribution in [-0.4, -0.2) is 23.7 Å². The molecule has 2 rings (SSSR count). The number of amides is 1. The number of fused-ring (bicyclic) bond motifs is 1. The average molecular weight is 253 g/mol. The molecule has 0 saturated carbocycles. The summed E-state index contributed by atoms with van der Waals surface area (Å²) in [4.78, 5) is 12.2. The minimum absolute atomic E-state index is 0.210. The first kappa shape index (κ1) is 12.0. The van der Waals surface area contributed by atoms with Gasteiger partial charge in [0.05, 0.1) is 11.0 Å². The molecule has 0 bridgehead atoms. The van der Waals surface area contributed by atoms with Crippen molar-refractivity contribution in [3.63, 3.8) is 0 Å². The van der Waals surface area contributed by atoms with Gasteiger partial charge in [0.1, 0.15) is 5.82 Å². The molecule has 1 amide bonds. The van der Waals surface area contributed by atoms with Crippen LogP contribution in [0.5, 0.6) is 0 Å². The van der Waals surface area contributed by atoms with Crippen LogP contribution in [0.1, 0.15) is 16.6 Å². The SMILES string of the molecule is C[C@H](O)CNC(=O)c1cc2ccc(F)cc2s1. The molecule has 2 aromatic rings. The summed E-state index contributed by atoms with van der Waals surface area (Å²) in [6.07, 6.45) is -0.578. The predicted molar refractivity (Wildman–Crippen MR) is 65.8 cm³/mol. The van der Waals surface area contributed by atoms with E-state index in [1.807, 2.05) is 0 Å². The lowest BCUT2D eigenvalue weighted by Crippen LogP contribution is -2.29. The maximum Gasteiger partial charge on any atom is 0.261 e. The highest BCUT2D eigenvalue weighted by molar-refractivity contribution is 7.20. The van der Waals surface area contributed by atoms with Crippen LogP contribution in [0.3, 0.4) is 0 Å². The maximum atomic E-state index is 13.0. The molecule has 90 valence electrons. The third-order valence-corrected chi connectivity index (χ3v) is 3.36. The van der Waals surface area contributed by atoms with Gasteiger partial charge in [-0.15, -0.1) is 11.3 Å². The predicted octanol–water partition coefficient (Wildman–Crippen LogP) is 2.15. The van der Waals surface area contributed by atoms with Crippen LogP contribution in [0, 0.1) is 5.82 Å². The molecule has 0 saturated heterocycles. The van der Waals surface area contributed by atoms with Gasteiger partial charge in [0.25, 0.3) is 5.91 Å². The molecule has 0 fully saturated rings. The van der Waals surface area contributed by atoms with Gasteiger partial charge in [0.2, 0.25) is 0 Å². The molecule has 0 radical (unpaired) electrons. The topological polar surface area (TPSA) is 49.3 Å². The molecule has 1 atom stereocenters. The Bertz CT molecular complexity index is 550. The summed E-state index contributed by atoms with van der Waals surface area (Å²) in [5.74, 6) is -0.553. The molecular weight excluding hydrogens is 241 g/mol. The third kappa shape index (κ3) is 2.81. The zero-order valence-corrected chi connectivity index (χ0v) is 10.1. The summed E-state index contributed by atoms with van der Waals surface area (Å²) >= 11 is 1.24. The number of thiophene rings is 1. The Morgan fingerprint density at radius 2 is 2.29 bits per heavy atom. The Morgan fingerprint density at radius 1 is 1.53 bits per heavy atom. The number of benzene rings is 1. The Labute approximate surface area is 102 Å². The number of hydrogen-bond donors (Lipinski definition) is 2. The second kappa shape index (κ2) is 4.81. The molecule has 3 nitrogen and oxygen atoms in total. The molecule has 0 aliphatic rings. The minimum Gasteiger partial charge on any atom is -0.392 e. The average Bonchev–Trinajstić information content (AvgIpc) is 2.68. The number of aliphatic hydroxyl groups excluding tert-OH is 1. The Morgan fingerprint density at radius 3 is 3.00 bits per heavy atom. The highest BCUT2D eigenvalue weighted by atomic mass is 32.1. The number of carbonyl (C=O) groups is 1. The van der Waals surface area contributed by atoms with Gasteiger partial charge >= 0.3 is 0 Å². The van der Waals surface area contributed by atoms with Gasteiger partial charge in [-0.1, -0.05) is 6.07 Å². The number of hydrogen-bond acceptors (Lipinski definition) is 3. The van der Waals surface area contributed by atoms with Gasteiger partial charge in [0.15, 0.2) is 0 Å². The van der Waals surface area contributed by atoms with E-state index in [1.165, 1.54) is 23.5 Å². The van der Waals surface area contributed by atoms with Crippen LogP contribution in [0.25, 0.3) is 10.1 Å². The van der Waals surface area contributed by atoms with E-state index in [-0.39, 0.29) is 18.3 Å². The third-order valence-electron chi connectivity index (χ3n) is 2.26. The number of rotatable bonds is 3. The number of halogens is 1. The summed E-state index contributed by atoms with van der Waals surface area (Å²) in [7, 11) is 0. The first-order valence-electron chi connectivity index (χ1n) is 5.21. The monoisotopic (exact) mass is 253 g/mol. The van der Waals surface area contributed by atoms with Crippen molar-refractivity contribution in [2.75, 3.05) is 6.54 Å². The standard InChI is InChI=1S/C12H12FNO2S/c1-7(15)6-14-12(16)11-4-8-2-3-9(13)5-10(8)17-11/h2-5,7,15H,6H2,1H3,(H,14,16)/t7-/m0/s1. The second-order valence-electron chi connectivity index (χ2n) is 3.85. The number of nitrogens with one attached hydrogen (secondary N) is 1. The molecule has 0 aliphatic heterocycles. The van der Waals surface area contributed by atoms with Crippen LogP contribution in [0.2, 0.25) is 0 Å². The zero-order valence-electron chi connectivity index (χ0n) is 9.24. The molecule has 0 unspecified atom stereocenters. The van der Waals surface area contributed by atoms with Gasteiger partial charge in [-0.05, 0) is 30.5 Å². The highest BCUT2D eigenvalue weighted by Gasteiger charge is 2.10. The molecule has 0 aliphatic carbocycles. The summed E-state index contributed by atoms with van der Waals surface area (Å²) in [6.45, 7) is 1.81. The summed E-state index contributed by atoms with van der Waals surface area (Å²) in [5.41, 5.74) is 0. The molecule has 2 N–H and O–H groups in total. The van der Waals surface area contributed by atoms with E-state index >= 15 is 0 Å². The number of aliphatic hydroxyl groups is 1. The van der Waals surface area contributed by atoms with E-state index in [0.717, 1.165) is 10.1 Å². The van der Waals surface area contributed by atoms with Crippen LogP contribution in [-0.2, 0) is 0 Å². The summed E-state index contributed by atoms with van der Waals surface area (Å²) in [5, 5.41) is 12.5. The minimum atomic E-state index is -0.578. The van der Waals surface area contributed by atoms with Crippen LogP contribution >= 0.6 is 11.3 Å². The van der Waals surface area contributed by atoms with Gasteiger partial charge in [-0.3, -0.25) is 4.79 Å². The van der Waals surface area contributed by atoms with Crippen molar-refractivity contribution in [1.82, 2.24) is 5.32 Å². The largest absolute Gasteiger partial charge is 0.392 e. The van der Waals surface area contributed by atoms with Crippen molar-refractivity contribution in [3.8, 4) is 0 Å². The van der Waals surface area contributed by atoms with Crippen molar-refractivity contribution in [3.05, 3.63) is 35.0 Å². The second-order valence-corrected chi connectivity index (χ2v) is 4.94. The number of carbonyl (C=O) groups excluding carboxylic acids is 1. The van der Waals surface area contributed by atoms with Crippen molar-refractivity contribution in [2.24, 2.45) is 0 Å². The fourth-order valence-electron chi connectivity index (χ4n) is 1.44. The van der Waals surface area contributed by atoms with E-state index in [1.54, 1.807) is 19.1 Å². The quantitative estimate of drug-likeness (QED) is 0.880. The van der Waals surface area contributed by atoms with Crippen molar-refractivity contribution < 1.29 is 14.3 Å². The van der Waals surface area contributed by atoms with Gasteiger partial charge in [-0.2, -0.15) is 0 Å². The Balaban J connectivity index is 2.21. The Kier molecular flexibility index (Phi) is 3.40. The van der Waals surface area contributed by atoms with Crippen LogP contribution in [0.4, 0.5) is 4.39 Å². The zero-order chi connectivity index (χ0) is 12.4. The molecule has 5 heteroatoms. The van der Waals surface area contributed by atoms with Crippen LogP contribution in [0.15, 0.2) is 24.3 Å².